The van der Waals surface area contributed by atoms with Gasteiger partial charge in [0.25, 0.3) is 30.4 Å². The molecule has 2 atom stereocenters. The number of nitrogens with zero attached hydrogens (tertiary/aromatic N) is 2. The summed E-state index contributed by atoms with van der Waals surface area (Å²) < 4.78 is 137. The molecule has 0 aromatic heterocycles. The van der Waals surface area contributed by atoms with Gasteiger partial charge in [-0.05, 0) is 88.4 Å². The second-order valence-electron chi connectivity index (χ2n) is 13.8. The standard InChI is InChI=1S/C35H44N2O14S4/c1-4-36-29-16-14-25(54(46,47)48)23-27(29)35(3,19-9-21-52(40,41)42)31(36)11-6-5-7-12-32-34(2,18-8-13-33(38)39)28-24-26(55(49,50)51)15-17-30(28)37(32)20-10-22-53(43,44)45/h5-7,11-12,14-17,23-24H,4,8-10,13,18-22H2,1-3H3,(H4-,38,39,40,41,42,43,44,45,46,47,48,49,50,51). The van der Waals surface area contributed by atoms with Crippen molar-refractivity contribution in [1.82, 2.24) is 0 Å². The minimum Gasteiger partial charge on any atom is -0.748 e. The first-order valence-electron chi connectivity index (χ1n) is 17.1. The normalized spacial score (nSPS) is 21.3. The molecule has 0 radical (unpaired) electrons. The highest BCUT2D eigenvalue weighted by atomic mass is 32.2. The molecule has 0 bridgehead atoms. The first-order valence-corrected chi connectivity index (χ1v) is 23.2. The van der Waals surface area contributed by atoms with Crippen LogP contribution in [0.3, 0.4) is 0 Å². The Hall–Kier alpha value is -3.76. The predicted molar refractivity (Wildman–Crippen MR) is 203 cm³/mol. The lowest BCUT2D eigenvalue weighted by molar-refractivity contribution is -0.437. The maximum absolute atomic E-state index is 12.1. The van der Waals surface area contributed by atoms with Crippen molar-refractivity contribution >= 4 is 63.5 Å². The number of anilines is 1. The Morgan fingerprint density at radius 3 is 1.96 bits per heavy atom. The molecule has 16 nitrogen and oxygen atoms in total. The van der Waals surface area contributed by atoms with Gasteiger partial charge in [0.2, 0.25) is 5.69 Å². The predicted octanol–water partition coefficient (Wildman–Crippen LogP) is 4.19. The molecule has 0 fully saturated rings. The number of rotatable bonds is 18. The minimum atomic E-state index is -4.63. The fourth-order valence-corrected chi connectivity index (χ4v) is 9.46. The molecule has 55 heavy (non-hydrogen) atoms. The van der Waals surface area contributed by atoms with Gasteiger partial charge in [0, 0.05) is 59.6 Å². The lowest BCUT2D eigenvalue weighted by atomic mass is 9.75. The van der Waals surface area contributed by atoms with E-state index in [4.69, 9.17) is 0 Å². The number of aliphatic carboxylic acids is 1. The van der Waals surface area contributed by atoms with Gasteiger partial charge in [-0.1, -0.05) is 18.2 Å². The summed E-state index contributed by atoms with van der Waals surface area (Å²) in [7, 11) is -18.1. The maximum atomic E-state index is 12.1. The van der Waals surface area contributed by atoms with E-state index < -0.39 is 68.8 Å². The summed E-state index contributed by atoms with van der Waals surface area (Å²) in [6.45, 7) is 5.89. The maximum Gasteiger partial charge on any atom is 0.303 e. The highest BCUT2D eigenvalue weighted by molar-refractivity contribution is 7.86. The van der Waals surface area contributed by atoms with Gasteiger partial charge in [-0.2, -0.15) is 29.8 Å². The summed E-state index contributed by atoms with van der Waals surface area (Å²) in [5.74, 6) is -2.26. The molecule has 4 rings (SSSR count). The number of carboxylic acids is 1. The molecule has 302 valence electrons. The number of hydrogen-bond acceptors (Lipinski definition) is 11. The van der Waals surface area contributed by atoms with Gasteiger partial charge in [0.15, 0.2) is 5.71 Å². The molecule has 0 spiro atoms. The number of fused-ring (bicyclic) bond motifs is 2. The molecular formula is C35H44N2O14S4. The van der Waals surface area contributed by atoms with E-state index in [2.05, 4.69) is 0 Å². The van der Waals surface area contributed by atoms with E-state index >= 15 is 0 Å². The van der Waals surface area contributed by atoms with E-state index in [1.807, 2.05) is 11.8 Å². The molecule has 2 aliphatic heterocycles. The van der Waals surface area contributed by atoms with Crippen LogP contribution >= 0.6 is 0 Å². The number of likely N-dealkylation sites (N-methyl/N-ethyl adjacent to an activating group) is 1. The molecule has 20 heteroatoms. The number of carbonyl (C=O) groups is 1. The topological polar surface area (TPSA) is 264 Å². The third kappa shape index (κ3) is 10.4. The number of benzene rings is 2. The van der Waals surface area contributed by atoms with Crippen molar-refractivity contribution in [1.29, 1.82) is 0 Å². The van der Waals surface area contributed by atoms with E-state index in [0.29, 0.717) is 40.5 Å². The number of carboxylic acid groups (broad SMARTS) is 1. The van der Waals surface area contributed by atoms with Crippen LogP contribution < -0.4 is 4.90 Å². The van der Waals surface area contributed by atoms with E-state index in [1.165, 1.54) is 30.3 Å². The number of allylic oxidation sites excluding steroid dienone is 6. The van der Waals surface area contributed by atoms with E-state index in [9.17, 15) is 61.8 Å². The zero-order chi connectivity index (χ0) is 41.2. The van der Waals surface area contributed by atoms with Gasteiger partial charge >= 0.3 is 5.97 Å². The van der Waals surface area contributed by atoms with Crippen molar-refractivity contribution in [3.8, 4) is 0 Å². The SMILES string of the molecule is CCN1C(=CC=CC=CC2=[N+](CCCS(=O)(=O)O)c3ccc(S(=O)(=O)O)cc3C2(C)CCCC(=O)O)C(C)(CCCS(=O)(=O)[O-])c2cc(S(=O)(=O)O)ccc21. The molecular weight excluding hydrogens is 801 g/mol. The van der Waals surface area contributed by atoms with Gasteiger partial charge in [-0.3, -0.25) is 18.5 Å². The largest absolute Gasteiger partial charge is 0.748 e. The monoisotopic (exact) mass is 844 g/mol. The molecule has 2 aromatic carbocycles. The van der Waals surface area contributed by atoms with E-state index in [0.717, 1.165) is 0 Å². The van der Waals surface area contributed by atoms with Crippen LogP contribution in [0.1, 0.15) is 70.4 Å². The van der Waals surface area contributed by atoms with Gasteiger partial charge in [0.1, 0.15) is 6.54 Å². The molecule has 0 saturated carbocycles. The third-order valence-corrected chi connectivity index (χ3v) is 13.3. The quantitative estimate of drug-likeness (QED) is 0.0931. The van der Waals surface area contributed by atoms with Gasteiger partial charge in [0.05, 0.1) is 31.1 Å². The average Bonchev–Trinajstić information content (AvgIpc) is 3.42. The Labute approximate surface area is 321 Å². The summed E-state index contributed by atoms with van der Waals surface area (Å²) in [6, 6.07) is 8.08. The fourth-order valence-electron chi connectivity index (χ4n) is 7.45. The van der Waals surface area contributed by atoms with Gasteiger partial charge < -0.3 is 14.6 Å². The Balaban J connectivity index is 1.81. The summed E-state index contributed by atoms with van der Waals surface area (Å²) >= 11 is 0. The first kappa shape index (κ1) is 44.0. The van der Waals surface area contributed by atoms with Crippen molar-refractivity contribution in [2.24, 2.45) is 0 Å². The van der Waals surface area contributed by atoms with Crippen LogP contribution in [0.25, 0.3) is 0 Å². The van der Waals surface area contributed by atoms with Crippen LogP contribution in [-0.4, -0.2) is 97.8 Å². The van der Waals surface area contributed by atoms with Crippen LogP contribution in [-0.2, 0) is 56.1 Å². The zero-order valence-electron chi connectivity index (χ0n) is 30.3. The lowest BCUT2D eigenvalue weighted by Gasteiger charge is -2.30. The Kier molecular flexibility index (Phi) is 13.1. The van der Waals surface area contributed by atoms with Crippen molar-refractivity contribution in [3.63, 3.8) is 0 Å². The molecule has 2 aromatic rings. The molecule has 2 heterocycles. The highest BCUT2D eigenvalue weighted by Crippen LogP contribution is 2.51. The third-order valence-electron chi connectivity index (χ3n) is 9.98. The van der Waals surface area contributed by atoms with Crippen molar-refractivity contribution in [2.45, 2.75) is 79.9 Å². The summed E-state index contributed by atoms with van der Waals surface area (Å²) in [5.41, 5.74) is 1.25. The second-order valence-corrected chi connectivity index (χ2v) is 19.7. The summed E-state index contributed by atoms with van der Waals surface area (Å²) in [4.78, 5) is 12.6. The van der Waals surface area contributed by atoms with E-state index in [1.54, 1.807) is 54.9 Å². The first-order chi connectivity index (χ1) is 25.3. The van der Waals surface area contributed by atoms with Crippen LogP contribution in [0.15, 0.2) is 82.3 Å². The Morgan fingerprint density at radius 2 is 1.40 bits per heavy atom. The summed E-state index contributed by atoms with van der Waals surface area (Å²) in [6.07, 6.45) is 8.71. The zero-order valence-corrected chi connectivity index (χ0v) is 33.6. The summed E-state index contributed by atoms with van der Waals surface area (Å²) in [5, 5.41) is 9.36. The number of hydrogen-bond donors (Lipinski definition) is 4. The van der Waals surface area contributed by atoms with Crippen molar-refractivity contribution in [3.05, 3.63) is 83.6 Å². The second kappa shape index (κ2) is 16.4. The van der Waals surface area contributed by atoms with Crippen LogP contribution in [0, 0.1) is 0 Å². The Bertz CT molecular complexity index is 2420. The molecule has 0 aliphatic carbocycles. The lowest BCUT2D eigenvalue weighted by Crippen LogP contribution is -2.32. The molecule has 0 saturated heterocycles. The fraction of sp³-hybridized carbons (Fsp3) is 0.429. The average molecular weight is 845 g/mol. The Morgan fingerprint density at radius 1 is 0.800 bits per heavy atom. The van der Waals surface area contributed by atoms with E-state index in [-0.39, 0.29) is 54.9 Å². The smallest absolute Gasteiger partial charge is 0.303 e. The van der Waals surface area contributed by atoms with Gasteiger partial charge in [-0.25, -0.2) is 8.42 Å². The molecule has 0 amide bonds. The van der Waals surface area contributed by atoms with Crippen LogP contribution in [0.5, 0.6) is 0 Å². The minimum absolute atomic E-state index is 0.0260. The molecule has 2 aliphatic rings. The van der Waals surface area contributed by atoms with Crippen molar-refractivity contribution in [2.75, 3.05) is 29.5 Å². The van der Waals surface area contributed by atoms with Crippen molar-refractivity contribution < 1.29 is 66.4 Å². The highest BCUT2D eigenvalue weighted by Gasteiger charge is 2.48. The van der Waals surface area contributed by atoms with Crippen LogP contribution in [0.4, 0.5) is 11.4 Å². The van der Waals surface area contributed by atoms with Crippen LogP contribution in [0.2, 0.25) is 0 Å². The molecule has 4 N–H and O–H groups in total. The van der Waals surface area contributed by atoms with Gasteiger partial charge in [-0.15, -0.1) is 0 Å². The molecule has 2 unspecified atom stereocenters.